The van der Waals surface area contributed by atoms with E-state index in [9.17, 15) is 24.1 Å². The Labute approximate surface area is 140 Å². The number of thioether (sulfide) groups is 1. The predicted molar refractivity (Wildman–Crippen MR) is 85.9 cm³/mol. The molecule has 8 heteroatoms. The molecule has 6 nitrogen and oxygen atoms in total. The predicted octanol–water partition coefficient (Wildman–Crippen LogP) is 3.50. The number of Topliss-reactive ketones (excluding diaryl/α,β-unsaturated/α-hetero) is 1. The highest BCUT2D eigenvalue weighted by Crippen LogP contribution is 2.28. The van der Waals surface area contributed by atoms with E-state index in [0.717, 1.165) is 18.2 Å². The first-order chi connectivity index (χ1) is 11.4. The van der Waals surface area contributed by atoms with Gasteiger partial charge in [0, 0.05) is 11.6 Å². The Morgan fingerprint density at radius 3 is 2.38 bits per heavy atom. The molecule has 24 heavy (non-hydrogen) atoms. The van der Waals surface area contributed by atoms with Crippen LogP contribution in [0.3, 0.4) is 0 Å². The Morgan fingerprint density at radius 1 is 1.17 bits per heavy atom. The lowest BCUT2D eigenvalue weighted by Gasteiger charge is -2.06. The van der Waals surface area contributed by atoms with Crippen LogP contribution in [-0.4, -0.2) is 29.5 Å². The number of rotatable bonds is 6. The van der Waals surface area contributed by atoms with Gasteiger partial charge in [-0.15, -0.1) is 11.8 Å². The van der Waals surface area contributed by atoms with Gasteiger partial charge in [-0.05, 0) is 42.7 Å². The molecule has 0 aliphatic rings. The smallest absolute Gasteiger partial charge is 0.338 e. The molecule has 0 unspecified atom stereocenters. The van der Waals surface area contributed by atoms with Crippen LogP contribution in [0.2, 0.25) is 0 Å². The third-order valence-electron chi connectivity index (χ3n) is 3.11. The summed E-state index contributed by atoms with van der Waals surface area (Å²) in [6.07, 6.45) is 1.68. The second kappa shape index (κ2) is 7.69. The maximum absolute atomic E-state index is 12.8. The summed E-state index contributed by atoms with van der Waals surface area (Å²) in [7, 11) is 0. The van der Waals surface area contributed by atoms with Crippen molar-refractivity contribution in [3.63, 3.8) is 0 Å². The molecule has 0 atom stereocenters. The number of esters is 1. The standard InChI is InChI=1S/C16H12FNO5S/c1-24-15-7-4-11(8-13(15)18(21)22)16(20)23-9-14(19)10-2-5-12(17)6-3-10/h2-8H,9H2,1H3. The van der Waals surface area contributed by atoms with Gasteiger partial charge in [-0.3, -0.25) is 14.9 Å². The van der Waals surface area contributed by atoms with Gasteiger partial charge in [0.2, 0.25) is 0 Å². The van der Waals surface area contributed by atoms with Crippen LogP contribution in [0.15, 0.2) is 47.4 Å². The molecule has 2 rings (SSSR count). The number of hydrogen-bond acceptors (Lipinski definition) is 6. The lowest BCUT2D eigenvalue weighted by Crippen LogP contribution is -2.14. The number of hydrogen-bond donors (Lipinski definition) is 0. The average Bonchev–Trinajstić information content (AvgIpc) is 2.59. The van der Waals surface area contributed by atoms with E-state index in [2.05, 4.69) is 0 Å². The van der Waals surface area contributed by atoms with Gasteiger partial charge in [0.15, 0.2) is 12.4 Å². The van der Waals surface area contributed by atoms with Crippen molar-refractivity contribution in [3.05, 3.63) is 69.5 Å². The second-order valence-corrected chi connectivity index (χ2v) is 5.50. The molecule has 124 valence electrons. The number of ether oxygens (including phenoxy) is 1. The lowest BCUT2D eigenvalue weighted by atomic mass is 10.1. The van der Waals surface area contributed by atoms with E-state index in [1.807, 2.05) is 0 Å². The summed E-state index contributed by atoms with van der Waals surface area (Å²) >= 11 is 1.18. The van der Waals surface area contributed by atoms with Crippen molar-refractivity contribution < 1.29 is 23.6 Å². The van der Waals surface area contributed by atoms with E-state index in [0.29, 0.717) is 4.90 Å². The molecule has 0 fully saturated rings. The third kappa shape index (κ3) is 4.17. The van der Waals surface area contributed by atoms with E-state index in [4.69, 9.17) is 4.74 Å². The Balaban J connectivity index is 2.07. The first kappa shape index (κ1) is 17.6. The van der Waals surface area contributed by atoms with Gasteiger partial charge in [0.1, 0.15) is 5.82 Å². The highest BCUT2D eigenvalue weighted by molar-refractivity contribution is 7.98. The van der Waals surface area contributed by atoms with Crippen molar-refractivity contribution in [1.82, 2.24) is 0 Å². The van der Waals surface area contributed by atoms with Crippen LogP contribution in [0.5, 0.6) is 0 Å². The summed E-state index contributed by atoms with van der Waals surface area (Å²) in [4.78, 5) is 34.6. The van der Waals surface area contributed by atoms with Crippen LogP contribution in [0, 0.1) is 15.9 Å². The molecular weight excluding hydrogens is 337 g/mol. The molecule has 0 aromatic heterocycles. The highest BCUT2D eigenvalue weighted by atomic mass is 32.2. The van der Waals surface area contributed by atoms with Gasteiger partial charge < -0.3 is 4.74 Å². The SMILES string of the molecule is CSc1ccc(C(=O)OCC(=O)c2ccc(F)cc2)cc1[N+](=O)[O-]. The topological polar surface area (TPSA) is 86.5 Å². The van der Waals surface area contributed by atoms with Crippen molar-refractivity contribution in [2.75, 3.05) is 12.9 Å². The monoisotopic (exact) mass is 349 g/mol. The highest BCUT2D eigenvalue weighted by Gasteiger charge is 2.18. The van der Waals surface area contributed by atoms with Crippen LogP contribution in [0.1, 0.15) is 20.7 Å². The molecule has 0 spiro atoms. The maximum Gasteiger partial charge on any atom is 0.338 e. The van der Waals surface area contributed by atoms with Crippen LogP contribution in [0.25, 0.3) is 0 Å². The quantitative estimate of drug-likeness (QED) is 0.261. The van der Waals surface area contributed by atoms with Gasteiger partial charge >= 0.3 is 5.97 Å². The van der Waals surface area contributed by atoms with Crippen LogP contribution in [-0.2, 0) is 4.74 Å². The van der Waals surface area contributed by atoms with Crippen LogP contribution < -0.4 is 0 Å². The van der Waals surface area contributed by atoms with Crippen molar-refractivity contribution in [2.24, 2.45) is 0 Å². The normalized spacial score (nSPS) is 10.2. The number of benzene rings is 2. The molecule has 0 bridgehead atoms. The minimum Gasteiger partial charge on any atom is -0.454 e. The zero-order valence-corrected chi connectivity index (χ0v) is 13.3. The fraction of sp³-hybridized carbons (Fsp3) is 0.125. The molecule has 2 aromatic carbocycles. The van der Waals surface area contributed by atoms with E-state index in [-0.39, 0.29) is 16.8 Å². The number of nitro groups is 1. The number of carbonyl (C=O) groups is 2. The number of halogens is 1. The van der Waals surface area contributed by atoms with Crippen LogP contribution >= 0.6 is 11.8 Å². The van der Waals surface area contributed by atoms with Crippen molar-refractivity contribution in [3.8, 4) is 0 Å². The first-order valence-electron chi connectivity index (χ1n) is 6.70. The van der Waals surface area contributed by atoms with Gasteiger partial charge in [0.25, 0.3) is 5.69 Å². The number of ketones is 1. The van der Waals surface area contributed by atoms with Crippen molar-refractivity contribution >= 4 is 29.2 Å². The summed E-state index contributed by atoms with van der Waals surface area (Å²) in [5.41, 5.74) is -0.0267. The molecule has 0 aliphatic heterocycles. The minimum atomic E-state index is -0.846. The van der Waals surface area contributed by atoms with Crippen molar-refractivity contribution in [2.45, 2.75) is 4.90 Å². The Hall–Kier alpha value is -2.74. The molecule has 0 aliphatic carbocycles. The van der Waals surface area contributed by atoms with Crippen LogP contribution in [0.4, 0.5) is 10.1 Å². The molecule has 0 heterocycles. The van der Waals surface area contributed by atoms with Gasteiger partial charge in [-0.1, -0.05) is 0 Å². The zero-order valence-electron chi connectivity index (χ0n) is 12.5. The summed E-state index contributed by atoms with van der Waals surface area (Å²) in [5.74, 6) is -1.83. The minimum absolute atomic E-state index is 0.0218. The van der Waals surface area contributed by atoms with Gasteiger partial charge in [0.05, 0.1) is 15.4 Å². The number of nitro benzene ring substituents is 1. The van der Waals surface area contributed by atoms with E-state index < -0.39 is 29.1 Å². The molecule has 0 radical (unpaired) electrons. The van der Waals surface area contributed by atoms with Gasteiger partial charge in [-0.2, -0.15) is 0 Å². The fourth-order valence-electron chi connectivity index (χ4n) is 1.89. The maximum atomic E-state index is 12.8. The van der Waals surface area contributed by atoms with Gasteiger partial charge in [-0.25, -0.2) is 9.18 Å². The van der Waals surface area contributed by atoms with E-state index in [1.165, 1.54) is 36.0 Å². The molecule has 0 saturated heterocycles. The zero-order chi connectivity index (χ0) is 17.7. The molecule has 0 saturated carbocycles. The Kier molecular flexibility index (Phi) is 5.64. The third-order valence-corrected chi connectivity index (χ3v) is 3.90. The number of nitrogens with zero attached hydrogens (tertiary/aromatic N) is 1. The summed E-state index contributed by atoms with van der Waals surface area (Å²) in [6, 6.07) is 8.76. The van der Waals surface area contributed by atoms with E-state index in [1.54, 1.807) is 6.26 Å². The Morgan fingerprint density at radius 2 is 1.79 bits per heavy atom. The second-order valence-electron chi connectivity index (χ2n) is 4.65. The molecular formula is C16H12FNO5S. The summed E-state index contributed by atoms with van der Waals surface area (Å²) in [5, 5.41) is 11.0. The first-order valence-corrected chi connectivity index (χ1v) is 7.93. The lowest BCUT2D eigenvalue weighted by molar-refractivity contribution is -0.387. The molecule has 0 N–H and O–H groups in total. The summed E-state index contributed by atoms with van der Waals surface area (Å²) in [6.45, 7) is -0.539. The summed E-state index contributed by atoms with van der Waals surface area (Å²) < 4.78 is 17.7. The largest absolute Gasteiger partial charge is 0.454 e. The Bertz CT molecular complexity index is 792. The molecule has 2 aromatic rings. The van der Waals surface area contributed by atoms with E-state index >= 15 is 0 Å². The average molecular weight is 349 g/mol. The fourth-order valence-corrected chi connectivity index (χ4v) is 2.44. The number of carbonyl (C=O) groups excluding carboxylic acids is 2. The molecule has 0 amide bonds. The van der Waals surface area contributed by atoms with Crippen molar-refractivity contribution in [1.29, 1.82) is 0 Å².